The first-order valence-corrected chi connectivity index (χ1v) is 7.88. The van der Waals surface area contributed by atoms with Crippen LogP contribution in [0.1, 0.15) is 23.3 Å². The molecule has 23 heavy (non-hydrogen) atoms. The van der Waals surface area contributed by atoms with E-state index >= 15 is 0 Å². The maximum Gasteiger partial charge on any atom is 0.271 e. The molecule has 1 N–H and O–H groups in total. The van der Waals surface area contributed by atoms with E-state index in [1.165, 1.54) is 12.8 Å². The van der Waals surface area contributed by atoms with Crippen LogP contribution < -0.4 is 15.0 Å². The Labute approximate surface area is 135 Å². The Bertz CT molecular complexity index is 625. The van der Waals surface area contributed by atoms with Crippen LogP contribution in [0.3, 0.4) is 0 Å². The van der Waals surface area contributed by atoms with Crippen LogP contribution in [-0.2, 0) is 0 Å². The van der Waals surface area contributed by atoms with E-state index in [0.717, 1.165) is 24.7 Å². The molecule has 0 atom stereocenters. The summed E-state index contributed by atoms with van der Waals surface area (Å²) in [6.07, 6.45) is 2.37. The lowest BCUT2D eigenvalue weighted by Gasteiger charge is -2.15. The molecule has 1 saturated heterocycles. The van der Waals surface area contributed by atoms with Crippen molar-refractivity contribution in [2.24, 2.45) is 0 Å². The van der Waals surface area contributed by atoms with Crippen molar-refractivity contribution in [2.45, 2.75) is 12.8 Å². The number of nitrogens with one attached hydrogen (secondary N) is 1. The monoisotopic (exact) mass is 312 g/mol. The van der Waals surface area contributed by atoms with Crippen molar-refractivity contribution in [1.29, 1.82) is 0 Å². The summed E-state index contributed by atoms with van der Waals surface area (Å²) in [6, 6.07) is 13.1. The van der Waals surface area contributed by atoms with E-state index in [9.17, 15) is 4.79 Å². The zero-order valence-corrected chi connectivity index (χ0v) is 12.9. The van der Waals surface area contributed by atoms with Crippen LogP contribution in [0.5, 0.6) is 5.75 Å². The second-order valence-electron chi connectivity index (χ2n) is 5.39. The Balaban J connectivity index is 1.44. The number of hydrogen-bond donors (Lipinski definition) is 1. The van der Waals surface area contributed by atoms with Crippen LogP contribution in [0.4, 0.5) is 5.82 Å². The fraction of sp³-hybridized carbons (Fsp3) is 0.353. The molecule has 0 spiro atoms. The maximum atomic E-state index is 12.0. The fourth-order valence-electron chi connectivity index (χ4n) is 2.50. The van der Waals surface area contributed by atoms with Crippen LogP contribution in [0.15, 0.2) is 42.5 Å². The second kappa shape index (κ2) is 7.58. The average Bonchev–Trinajstić information content (AvgIpc) is 3.14. The summed E-state index contributed by atoms with van der Waals surface area (Å²) in [5.74, 6) is 1.39. The van der Waals surface area contributed by atoms with Crippen molar-refractivity contribution in [3.05, 3.63) is 48.2 Å². The van der Waals surface area contributed by atoms with Crippen LogP contribution >= 0.6 is 0 Å². The summed E-state index contributed by atoms with van der Waals surface area (Å²) in [6.45, 7) is 2.85. The molecule has 0 bridgehead atoms. The summed E-state index contributed by atoms with van der Waals surface area (Å²) >= 11 is 0. The van der Waals surface area contributed by atoms with Crippen LogP contribution in [0, 0.1) is 0 Å². The standard InChI is InChI=1S/C17H20N4O2/c22-17(18-10-13-23-14-6-2-1-3-7-14)15-8-9-16(20-19-15)21-11-4-5-12-21/h1-3,6-9H,4-5,10-13H2,(H,18,22). The molecule has 1 aliphatic heterocycles. The Hall–Kier alpha value is -2.63. The molecule has 3 rings (SSSR count). The van der Waals surface area contributed by atoms with Crippen molar-refractivity contribution in [3.63, 3.8) is 0 Å². The van der Waals surface area contributed by atoms with Crippen molar-refractivity contribution < 1.29 is 9.53 Å². The predicted molar refractivity (Wildman–Crippen MR) is 87.7 cm³/mol. The van der Waals surface area contributed by atoms with Gasteiger partial charge in [-0.3, -0.25) is 4.79 Å². The van der Waals surface area contributed by atoms with Gasteiger partial charge in [-0.1, -0.05) is 18.2 Å². The molecule has 2 heterocycles. The molecule has 0 radical (unpaired) electrons. The molecular formula is C17H20N4O2. The van der Waals surface area contributed by atoms with Gasteiger partial charge < -0.3 is 15.0 Å². The van der Waals surface area contributed by atoms with Gasteiger partial charge in [-0.15, -0.1) is 10.2 Å². The van der Waals surface area contributed by atoms with E-state index in [-0.39, 0.29) is 5.91 Å². The zero-order chi connectivity index (χ0) is 15.9. The molecule has 1 aromatic heterocycles. The number of carbonyl (C=O) groups is 1. The van der Waals surface area contributed by atoms with E-state index in [2.05, 4.69) is 20.4 Å². The third-order valence-electron chi connectivity index (χ3n) is 3.71. The second-order valence-corrected chi connectivity index (χ2v) is 5.39. The molecule has 1 aliphatic rings. The molecule has 0 aliphatic carbocycles. The number of ether oxygens (including phenoxy) is 1. The van der Waals surface area contributed by atoms with E-state index < -0.39 is 0 Å². The van der Waals surface area contributed by atoms with Crippen molar-refractivity contribution in [2.75, 3.05) is 31.1 Å². The lowest BCUT2D eigenvalue weighted by atomic mass is 10.3. The molecule has 0 unspecified atom stereocenters. The number of para-hydroxylation sites is 1. The molecule has 1 amide bonds. The largest absolute Gasteiger partial charge is 0.492 e. The lowest BCUT2D eigenvalue weighted by Crippen LogP contribution is -2.29. The molecule has 1 fully saturated rings. The first-order valence-electron chi connectivity index (χ1n) is 7.88. The highest BCUT2D eigenvalue weighted by molar-refractivity contribution is 5.92. The van der Waals surface area contributed by atoms with Gasteiger partial charge in [-0.25, -0.2) is 0 Å². The molecular weight excluding hydrogens is 292 g/mol. The number of rotatable bonds is 6. The number of nitrogens with zero attached hydrogens (tertiary/aromatic N) is 3. The van der Waals surface area contributed by atoms with Crippen molar-refractivity contribution >= 4 is 11.7 Å². The van der Waals surface area contributed by atoms with Gasteiger partial charge in [0, 0.05) is 13.1 Å². The third-order valence-corrected chi connectivity index (χ3v) is 3.71. The predicted octanol–water partition coefficient (Wildman–Crippen LogP) is 1.89. The number of hydrogen-bond acceptors (Lipinski definition) is 5. The third kappa shape index (κ3) is 4.18. The first kappa shape index (κ1) is 15.3. The van der Waals surface area contributed by atoms with Crippen LogP contribution in [0.2, 0.25) is 0 Å². The topological polar surface area (TPSA) is 67.3 Å². The first-order chi connectivity index (χ1) is 11.3. The number of aromatic nitrogens is 2. The van der Waals surface area contributed by atoms with Gasteiger partial charge in [-0.05, 0) is 37.1 Å². The SMILES string of the molecule is O=C(NCCOc1ccccc1)c1ccc(N2CCCC2)nn1. The van der Waals surface area contributed by atoms with Crippen molar-refractivity contribution in [3.8, 4) is 5.75 Å². The Morgan fingerprint density at radius 3 is 2.57 bits per heavy atom. The molecule has 6 heteroatoms. The van der Waals surface area contributed by atoms with E-state index in [4.69, 9.17) is 4.74 Å². The minimum atomic E-state index is -0.234. The Morgan fingerprint density at radius 2 is 1.87 bits per heavy atom. The van der Waals surface area contributed by atoms with Gasteiger partial charge in [0.2, 0.25) is 0 Å². The fourth-order valence-corrected chi connectivity index (χ4v) is 2.50. The Kier molecular flexibility index (Phi) is 5.03. The minimum absolute atomic E-state index is 0.234. The molecule has 120 valence electrons. The summed E-state index contributed by atoms with van der Waals surface area (Å²) in [5.41, 5.74) is 0.327. The van der Waals surface area contributed by atoms with Gasteiger partial charge in [0.15, 0.2) is 11.5 Å². The summed E-state index contributed by atoms with van der Waals surface area (Å²) < 4.78 is 5.52. The van der Waals surface area contributed by atoms with Gasteiger partial charge in [0.05, 0.1) is 6.54 Å². The van der Waals surface area contributed by atoms with E-state index in [1.807, 2.05) is 36.4 Å². The number of anilines is 1. The summed E-state index contributed by atoms with van der Waals surface area (Å²) in [4.78, 5) is 14.2. The van der Waals surface area contributed by atoms with E-state index in [0.29, 0.717) is 18.8 Å². The van der Waals surface area contributed by atoms with Gasteiger partial charge in [0.25, 0.3) is 5.91 Å². The molecule has 2 aromatic rings. The molecule has 1 aromatic carbocycles. The zero-order valence-electron chi connectivity index (χ0n) is 12.9. The quantitative estimate of drug-likeness (QED) is 0.825. The number of carbonyl (C=O) groups excluding carboxylic acids is 1. The van der Waals surface area contributed by atoms with Gasteiger partial charge >= 0.3 is 0 Å². The summed E-state index contributed by atoms with van der Waals surface area (Å²) in [7, 11) is 0. The summed E-state index contributed by atoms with van der Waals surface area (Å²) in [5, 5.41) is 10.9. The smallest absolute Gasteiger partial charge is 0.271 e. The molecule has 6 nitrogen and oxygen atoms in total. The number of benzene rings is 1. The average molecular weight is 312 g/mol. The van der Waals surface area contributed by atoms with Crippen LogP contribution in [-0.4, -0.2) is 42.3 Å². The number of amides is 1. The van der Waals surface area contributed by atoms with Gasteiger partial charge in [0.1, 0.15) is 12.4 Å². The van der Waals surface area contributed by atoms with Crippen molar-refractivity contribution in [1.82, 2.24) is 15.5 Å². The Morgan fingerprint density at radius 1 is 1.09 bits per heavy atom. The highest BCUT2D eigenvalue weighted by Gasteiger charge is 2.15. The van der Waals surface area contributed by atoms with E-state index in [1.54, 1.807) is 6.07 Å². The highest BCUT2D eigenvalue weighted by Crippen LogP contribution is 2.16. The molecule has 0 saturated carbocycles. The van der Waals surface area contributed by atoms with Crippen LogP contribution in [0.25, 0.3) is 0 Å². The maximum absolute atomic E-state index is 12.0. The van der Waals surface area contributed by atoms with Gasteiger partial charge in [-0.2, -0.15) is 0 Å². The normalized spacial score (nSPS) is 13.8. The highest BCUT2D eigenvalue weighted by atomic mass is 16.5. The lowest BCUT2D eigenvalue weighted by molar-refractivity contribution is 0.0941. The minimum Gasteiger partial charge on any atom is -0.492 e.